The Morgan fingerprint density at radius 2 is 2.00 bits per heavy atom. The highest BCUT2D eigenvalue weighted by Crippen LogP contribution is 2.17. The van der Waals surface area contributed by atoms with Crippen LogP contribution >= 0.6 is 22.6 Å². The van der Waals surface area contributed by atoms with Crippen molar-refractivity contribution in [2.75, 3.05) is 11.9 Å². The Kier molecular flexibility index (Phi) is 5.40. The van der Waals surface area contributed by atoms with E-state index in [0.717, 1.165) is 15.6 Å². The molecule has 0 aliphatic carbocycles. The van der Waals surface area contributed by atoms with Crippen molar-refractivity contribution >= 4 is 40.1 Å². The van der Waals surface area contributed by atoms with Gasteiger partial charge in [-0.05, 0) is 59.7 Å². The molecule has 0 spiro atoms. The Balaban J connectivity index is 2.64. The van der Waals surface area contributed by atoms with Gasteiger partial charge >= 0.3 is 11.8 Å². The van der Waals surface area contributed by atoms with Crippen molar-refractivity contribution in [3.8, 4) is 0 Å². The van der Waals surface area contributed by atoms with Crippen LogP contribution in [0, 0.1) is 10.5 Å². The first kappa shape index (κ1) is 14.0. The van der Waals surface area contributed by atoms with Gasteiger partial charge in [0.2, 0.25) is 0 Å². The average molecular weight is 346 g/mol. The summed E-state index contributed by atoms with van der Waals surface area (Å²) in [5.41, 5.74) is 1.61. The molecular weight excluding hydrogens is 331 g/mol. The zero-order valence-corrected chi connectivity index (χ0v) is 12.0. The predicted molar refractivity (Wildman–Crippen MR) is 75.8 cm³/mol. The maximum absolute atomic E-state index is 11.5. The van der Waals surface area contributed by atoms with Gasteiger partial charge in [-0.1, -0.05) is 6.92 Å². The summed E-state index contributed by atoms with van der Waals surface area (Å²) in [5, 5.41) is 5.12. The normalized spacial score (nSPS) is 9.82. The third-order valence-corrected chi connectivity index (χ3v) is 2.85. The van der Waals surface area contributed by atoms with E-state index in [2.05, 4.69) is 33.2 Å². The Morgan fingerprint density at radius 3 is 2.59 bits per heavy atom. The minimum absolute atomic E-state index is 0.512. The summed E-state index contributed by atoms with van der Waals surface area (Å²) in [5.74, 6) is -1.22. The lowest BCUT2D eigenvalue weighted by Gasteiger charge is -2.08. The highest BCUT2D eigenvalue weighted by atomic mass is 127. The van der Waals surface area contributed by atoms with Gasteiger partial charge in [-0.2, -0.15) is 0 Å². The second-order valence-electron chi connectivity index (χ2n) is 3.67. The van der Waals surface area contributed by atoms with Gasteiger partial charge in [0.25, 0.3) is 0 Å². The first-order valence-electron chi connectivity index (χ1n) is 5.40. The number of anilines is 1. The number of nitrogens with one attached hydrogen (secondary N) is 2. The van der Waals surface area contributed by atoms with Crippen LogP contribution in [0.4, 0.5) is 5.69 Å². The first-order valence-corrected chi connectivity index (χ1v) is 6.47. The molecule has 2 amide bonds. The fourth-order valence-corrected chi connectivity index (χ4v) is 1.91. The fourth-order valence-electron chi connectivity index (χ4n) is 1.27. The Morgan fingerprint density at radius 1 is 1.29 bits per heavy atom. The number of carbonyl (C=O) groups is 2. The second-order valence-corrected chi connectivity index (χ2v) is 4.91. The van der Waals surface area contributed by atoms with E-state index in [-0.39, 0.29) is 0 Å². The molecule has 2 N–H and O–H groups in total. The number of benzene rings is 1. The van der Waals surface area contributed by atoms with Gasteiger partial charge in [-0.3, -0.25) is 9.59 Å². The van der Waals surface area contributed by atoms with Gasteiger partial charge in [-0.15, -0.1) is 0 Å². The first-order chi connectivity index (χ1) is 8.04. The van der Waals surface area contributed by atoms with Crippen LogP contribution in [0.15, 0.2) is 18.2 Å². The smallest absolute Gasteiger partial charge is 0.313 e. The van der Waals surface area contributed by atoms with Crippen LogP contribution in [0.5, 0.6) is 0 Å². The van der Waals surface area contributed by atoms with Crippen molar-refractivity contribution in [2.45, 2.75) is 20.3 Å². The number of hydrogen-bond donors (Lipinski definition) is 2. The molecule has 0 unspecified atom stereocenters. The van der Waals surface area contributed by atoms with Crippen molar-refractivity contribution in [1.82, 2.24) is 5.32 Å². The quantitative estimate of drug-likeness (QED) is 0.650. The molecule has 0 atom stereocenters. The molecule has 0 saturated heterocycles. The molecule has 0 aliphatic rings. The van der Waals surface area contributed by atoms with Crippen LogP contribution in [0.1, 0.15) is 18.9 Å². The fraction of sp³-hybridized carbons (Fsp3) is 0.333. The van der Waals surface area contributed by atoms with Crippen LogP contribution in [-0.2, 0) is 9.59 Å². The van der Waals surface area contributed by atoms with Crippen LogP contribution in [0.3, 0.4) is 0 Å². The lowest BCUT2D eigenvalue weighted by Crippen LogP contribution is -2.35. The lowest BCUT2D eigenvalue weighted by atomic mass is 10.2. The number of carbonyl (C=O) groups excluding carboxylic acids is 2. The van der Waals surface area contributed by atoms with Crippen molar-refractivity contribution in [3.63, 3.8) is 0 Å². The van der Waals surface area contributed by atoms with E-state index in [9.17, 15) is 9.59 Å². The molecule has 0 fully saturated rings. The Labute approximate surface area is 114 Å². The van der Waals surface area contributed by atoms with Gasteiger partial charge in [0.15, 0.2) is 0 Å². The number of aryl methyl sites for hydroxylation is 1. The molecule has 17 heavy (non-hydrogen) atoms. The van der Waals surface area contributed by atoms with Gasteiger partial charge in [0.05, 0.1) is 0 Å². The highest BCUT2D eigenvalue weighted by Gasteiger charge is 2.13. The second kappa shape index (κ2) is 6.58. The van der Waals surface area contributed by atoms with E-state index in [0.29, 0.717) is 12.2 Å². The summed E-state index contributed by atoms with van der Waals surface area (Å²) >= 11 is 2.20. The number of rotatable bonds is 3. The average Bonchev–Trinajstić information content (AvgIpc) is 2.29. The molecule has 0 aliphatic heterocycles. The van der Waals surface area contributed by atoms with Crippen molar-refractivity contribution in [2.24, 2.45) is 0 Å². The van der Waals surface area contributed by atoms with Crippen molar-refractivity contribution in [3.05, 3.63) is 27.3 Å². The number of amides is 2. The van der Waals surface area contributed by atoms with E-state index >= 15 is 0 Å². The third kappa shape index (κ3) is 4.33. The molecule has 1 aromatic rings. The summed E-state index contributed by atoms with van der Waals surface area (Å²) in [4.78, 5) is 22.9. The maximum Gasteiger partial charge on any atom is 0.313 e. The molecule has 0 aromatic heterocycles. The molecule has 0 radical (unpaired) electrons. The zero-order chi connectivity index (χ0) is 12.8. The third-order valence-electron chi connectivity index (χ3n) is 2.18. The van der Waals surface area contributed by atoms with Crippen LogP contribution < -0.4 is 10.6 Å². The molecule has 0 bridgehead atoms. The monoisotopic (exact) mass is 346 g/mol. The molecule has 1 rings (SSSR count). The molecule has 92 valence electrons. The van der Waals surface area contributed by atoms with Gasteiger partial charge in [-0.25, -0.2) is 0 Å². The minimum atomic E-state index is -0.622. The highest BCUT2D eigenvalue weighted by molar-refractivity contribution is 14.1. The standard InChI is InChI=1S/C12H15IN2O2/c1-3-6-14-11(16)12(17)15-10-5-4-9(13)7-8(10)2/h4-5,7H,3,6H2,1-2H3,(H,14,16)(H,15,17). The summed E-state index contributed by atoms with van der Waals surface area (Å²) in [6.07, 6.45) is 0.807. The summed E-state index contributed by atoms with van der Waals surface area (Å²) in [6.45, 7) is 4.33. The van der Waals surface area contributed by atoms with Gasteiger partial charge in [0, 0.05) is 15.8 Å². The molecule has 0 heterocycles. The van der Waals surface area contributed by atoms with Gasteiger partial charge < -0.3 is 10.6 Å². The van der Waals surface area contributed by atoms with E-state index < -0.39 is 11.8 Å². The molecule has 5 heteroatoms. The summed E-state index contributed by atoms with van der Waals surface area (Å²) in [7, 11) is 0. The number of halogens is 1. The predicted octanol–water partition coefficient (Wildman–Crippen LogP) is 2.06. The van der Waals surface area contributed by atoms with E-state index in [1.54, 1.807) is 6.07 Å². The van der Waals surface area contributed by atoms with Crippen LogP contribution in [-0.4, -0.2) is 18.4 Å². The lowest BCUT2D eigenvalue weighted by molar-refractivity contribution is -0.136. The van der Waals surface area contributed by atoms with Crippen LogP contribution in [0.25, 0.3) is 0 Å². The molecule has 1 aromatic carbocycles. The Bertz CT molecular complexity index is 433. The molecule has 4 nitrogen and oxygen atoms in total. The summed E-state index contributed by atoms with van der Waals surface area (Å²) < 4.78 is 1.09. The summed E-state index contributed by atoms with van der Waals surface area (Å²) in [6, 6.07) is 5.62. The number of hydrogen-bond acceptors (Lipinski definition) is 2. The molecule has 0 saturated carbocycles. The SMILES string of the molecule is CCCNC(=O)C(=O)Nc1ccc(I)cc1C. The van der Waals surface area contributed by atoms with Gasteiger partial charge in [0.1, 0.15) is 0 Å². The largest absolute Gasteiger partial charge is 0.348 e. The van der Waals surface area contributed by atoms with E-state index in [1.165, 1.54) is 0 Å². The zero-order valence-electron chi connectivity index (χ0n) is 9.84. The van der Waals surface area contributed by atoms with Crippen molar-refractivity contribution < 1.29 is 9.59 Å². The van der Waals surface area contributed by atoms with E-state index in [4.69, 9.17) is 0 Å². The van der Waals surface area contributed by atoms with Crippen LogP contribution in [0.2, 0.25) is 0 Å². The topological polar surface area (TPSA) is 58.2 Å². The molecular formula is C12H15IN2O2. The Hall–Kier alpha value is -1.11. The minimum Gasteiger partial charge on any atom is -0.348 e. The maximum atomic E-state index is 11.5. The van der Waals surface area contributed by atoms with E-state index in [1.807, 2.05) is 26.0 Å². The van der Waals surface area contributed by atoms with Crippen molar-refractivity contribution in [1.29, 1.82) is 0 Å².